The predicted octanol–water partition coefficient (Wildman–Crippen LogP) is 2.24. The minimum absolute atomic E-state index is 0.173. The van der Waals surface area contributed by atoms with Crippen LogP contribution in [0.1, 0.15) is 19.5 Å². The van der Waals surface area contributed by atoms with Crippen molar-refractivity contribution in [3.63, 3.8) is 0 Å². The second-order valence-corrected chi connectivity index (χ2v) is 5.20. The van der Waals surface area contributed by atoms with Crippen molar-refractivity contribution in [2.24, 2.45) is 11.7 Å². The van der Waals surface area contributed by atoms with E-state index in [9.17, 15) is 9.18 Å². The minimum Gasteiger partial charge on any atom is -0.327 e. The SMILES string of the molecule is Cc1cc(NC(=O)C(C)C(C)N)n(-c2ccc(F)cc2)n1. The molecule has 0 aliphatic rings. The predicted molar refractivity (Wildman–Crippen MR) is 79.7 cm³/mol. The Hall–Kier alpha value is -2.21. The molecule has 2 rings (SSSR count). The van der Waals surface area contributed by atoms with Gasteiger partial charge in [-0.15, -0.1) is 0 Å². The number of halogens is 1. The Morgan fingerprint density at radius 1 is 1.33 bits per heavy atom. The molecule has 0 fully saturated rings. The number of carbonyl (C=O) groups is 1. The third kappa shape index (κ3) is 3.46. The Kier molecular flexibility index (Phi) is 4.37. The molecule has 21 heavy (non-hydrogen) atoms. The van der Waals surface area contributed by atoms with E-state index in [4.69, 9.17) is 5.73 Å². The minimum atomic E-state index is -0.321. The highest BCUT2D eigenvalue weighted by Gasteiger charge is 2.19. The van der Waals surface area contributed by atoms with Crippen molar-refractivity contribution in [1.29, 1.82) is 0 Å². The number of aryl methyl sites for hydroxylation is 1. The average Bonchev–Trinajstić information content (AvgIpc) is 2.79. The topological polar surface area (TPSA) is 72.9 Å². The zero-order valence-electron chi connectivity index (χ0n) is 12.3. The number of nitrogens with one attached hydrogen (secondary N) is 1. The largest absolute Gasteiger partial charge is 0.327 e. The summed E-state index contributed by atoms with van der Waals surface area (Å²) in [5, 5.41) is 7.13. The molecule has 3 N–H and O–H groups in total. The van der Waals surface area contributed by atoms with Crippen LogP contribution in [0.3, 0.4) is 0 Å². The van der Waals surface area contributed by atoms with Crippen LogP contribution in [-0.2, 0) is 4.79 Å². The summed E-state index contributed by atoms with van der Waals surface area (Å²) >= 11 is 0. The molecular formula is C15H19FN4O. The highest BCUT2D eigenvalue weighted by molar-refractivity contribution is 5.92. The normalized spacial score (nSPS) is 13.8. The highest BCUT2D eigenvalue weighted by Crippen LogP contribution is 2.18. The number of amides is 1. The van der Waals surface area contributed by atoms with Gasteiger partial charge in [0.25, 0.3) is 0 Å². The molecule has 0 radical (unpaired) electrons. The fraction of sp³-hybridized carbons (Fsp3) is 0.333. The molecule has 2 unspecified atom stereocenters. The molecule has 2 aromatic rings. The number of nitrogens with two attached hydrogens (primary N) is 1. The Bertz CT molecular complexity index is 634. The second kappa shape index (κ2) is 6.05. The van der Waals surface area contributed by atoms with Crippen LogP contribution >= 0.6 is 0 Å². The highest BCUT2D eigenvalue weighted by atomic mass is 19.1. The van der Waals surface area contributed by atoms with Crippen LogP contribution in [0.2, 0.25) is 0 Å². The van der Waals surface area contributed by atoms with E-state index in [1.807, 2.05) is 6.92 Å². The first kappa shape index (κ1) is 15.2. The molecule has 6 heteroatoms. The summed E-state index contributed by atoms with van der Waals surface area (Å²) in [7, 11) is 0. The number of nitrogens with zero attached hydrogens (tertiary/aromatic N) is 2. The fourth-order valence-corrected chi connectivity index (χ4v) is 1.85. The monoisotopic (exact) mass is 290 g/mol. The van der Waals surface area contributed by atoms with E-state index in [1.54, 1.807) is 36.7 Å². The zero-order chi connectivity index (χ0) is 15.6. The molecule has 1 aromatic heterocycles. The Balaban J connectivity index is 2.29. The lowest BCUT2D eigenvalue weighted by molar-refractivity contribution is -0.119. The van der Waals surface area contributed by atoms with Crippen molar-refractivity contribution in [2.75, 3.05) is 5.32 Å². The summed E-state index contributed by atoms with van der Waals surface area (Å²) in [6, 6.07) is 7.42. The van der Waals surface area contributed by atoms with Gasteiger partial charge in [-0.25, -0.2) is 9.07 Å². The maximum Gasteiger partial charge on any atom is 0.229 e. The van der Waals surface area contributed by atoms with Gasteiger partial charge in [0.2, 0.25) is 5.91 Å². The van der Waals surface area contributed by atoms with Gasteiger partial charge >= 0.3 is 0 Å². The van der Waals surface area contributed by atoms with E-state index in [1.165, 1.54) is 12.1 Å². The summed E-state index contributed by atoms with van der Waals surface area (Å²) in [6.07, 6.45) is 0. The quantitative estimate of drug-likeness (QED) is 0.907. The second-order valence-electron chi connectivity index (χ2n) is 5.20. The Morgan fingerprint density at radius 2 is 1.95 bits per heavy atom. The molecule has 0 aliphatic carbocycles. The number of benzene rings is 1. The zero-order valence-corrected chi connectivity index (χ0v) is 12.3. The van der Waals surface area contributed by atoms with Gasteiger partial charge in [0.15, 0.2) is 0 Å². The van der Waals surface area contributed by atoms with Gasteiger partial charge in [0.05, 0.1) is 17.3 Å². The number of anilines is 1. The van der Waals surface area contributed by atoms with Crippen LogP contribution in [0, 0.1) is 18.7 Å². The van der Waals surface area contributed by atoms with Crippen molar-refractivity contribution >= 4 is 11.7 Å². The van der Waals surface area contributed by atoms with Crippen LogP contribution in [0.5, 0.6) is 0 Å². The van der Waals surface area contributed by atoms with Crippen molar-refractivity contribution in [3.8, 4) is 5.69 Å². The smallest absolute Gasteiger partial charge is 0.229 e. The fourth-order valence-electron chi connectivity index (χ4n) is 1.85. The number of hydrogen-bond acceptors (Lipinski definition) is 3. The number of carbonyl (C=O) groups excluding carboxylic acids is 1. The molecular weight excluding hydrogens is 271 g/mol. The maximum atomic E-state index is 13.0. The van der Waals surface area contributed by atoms with Gasteiger partial charge in [0, 0.05) is 12.1 Å². The molecule has 1 heterocycles. The number of hydrogen-bond donors (Lipinski definition) is 2. The van der Waals surface area contributed by atoms with Gasteiger partial charge < -0.3 is 11.1 Å². The summed E-state index contributed by atoms with van der Waals surface area (Å²) in [4.78, 5) is 12.1. The third-order valence-electron chi connectivity index (χ3n) is 3.36. The summed E-state index contributed by atoms with van der Waals surface area (Å²) < 4.78 is 14.6. The summed E-state index contributed by atoms with van der Waals surface area (Å²) in [5.41, 5.74) is 7.16. The standard InChI is InChI=1S/C15H19FN4O/c1-9-8-14(18-15(21)10(2)11(3)17)20(19-9)13-6-4-12(16)5-7-13/h4-8,10-11H,17H2,1-3H3,(H,18,21). The average molecular weight is 290 g/mol. The lowest BCUT2D eigenvalue weighted by Crippen LogP contribution is -2.34. The molecule has 5 nitrogen and oxygen atoms in total. The Labute approximate surface area is 123 Å². The molecule has 2 atom stereocenters. The molecule has 0 saturated carbocycles. The molecule has 0 saturated heterocycles. The molecule has 112 valence electrons. The van der Waals surface area contributed by atoms with E-state index in [-0.39, 0.29) is 23.7 Å². The van der Waals surface area contributed by atoms with Crippen molar-refractivity contribution in [1.82, 2.24) is 9.78 Å². The van der Waals surface area contributed by atoms with Gasteiger partial charge in [-0.2, -0.15) is 5.10 Å². The van der Waals surface area contributed by atoms with Crippen molar-refractivity contribution in [2.45, 2.75) is 26.8 Å². The van der Waals surface area contributed by atoms with Crippen molar-refractivity contribution in [3.05, 3.63) is 41.8 Å². The molecule has 0 spiro atoms. The van der Waals surface area contributed by atoms with E-state index >= 15 is 0 Å². The van der Waals surface area contributed by atoms with E-state index in [0.29, 0.717) is 11.5 Å². The van der Waals surface area contributed by atoms with Crippen LogP contribution in [-0.4, -0.2) is 21.7 Å². The van der Waals surface area contributed by atoms with Gasteiger partial charge in [-0.05, 0) is 38.1 Å². The first-order valence-corrected chi connectivity index (χ1v) is 6.77. The maximum absolute atomic E-state index is 13.0. The van der Waals surface area contributed by atoms with E-state index in [2.05, 4.69) is 10.4 Å². The van der Waals surface area contributed by atoms with Crippen molar-refractivity contribution < 1.29 is 9.18 Å². The first-order valence-electron chi connectivity index (χ1n) is 6.77. The van der Waals surface area contributed by atoms with Crippen LogP contribution in [0.4, 0.5) is 10.2 Å². The number of rotatable bonds is 4. The summed E-state index contributed by atoms with van der Waals surface area (Å²) in [5.74, 6) is -0.273. The molecule has 0 aliphatic heterocycles. The van der Waals surface area contributed by atoms with Crippen LogP contribution < -0.4 is 11.1 Å². The molecule has 1 amide bonds. The Morgan fingerprint density at radius 3 is 2.52 bits per heavy atom. The van der Waals surface area contributed by atoms with Gasteiger partial charge in [0.1, 0.15) is 11.6 Å². The van der Waals surface area contributed by atoms with Gasteiger partial charge in [-0.3, -0.25) is 4.79 Å². The summed E-state index contributed by atoms with van der Waals surface area (Å²) in [6.45, 7) is 5.38. The third-order valence-corrected chi connectivity index (χ3v) is 3.36. The lowest BCUT2D eigenvalue weighted by Gasteiger charge is -2.16. The molecule has 0 bridgehead atoms. The van der Waals surface area contributed by atoms with E-state index < -0.39 is 0 Å². The molecule has 1 aromatic carbocycles. The van der Waals surface area contributed by atoms with E-state index in [0.717, 1.165) is 5.69 Å². The lowest BCUT2D eigenvalue weighted by atomic mass is 10.0. The van der Waals surface area contributed by atoms with Crippen LogP contribution in [0.15, 0.2) is 30.3 Å². The van der Waals surface area contributed by atoms with Crippen LogP contribution in [0.25, 0.3) is 5.69 Å². The number of aromatic nitrogens is 2. The first-order chi connectivity index (χ1) is 9.88. The van der Waals surface area contributed by atoms with Gasteiger partial charge in [-0.1, -0.05) is 6.92 Å².